The van der Waals surface area contributed by atoms with Crippen LogP contribution in [0.15, 0.2) is 23.2 Å². The molecular formula is C12H19NOS. The van der Waals surface area contributed by atoms with Crippen LogP contribution in [-0.4, -0.2) is 14.8 Å². The molecule has 84 valence electrons. The molecule has 0 bridgehead atoms. The molecule has 1 rings (SSSR count). The number of pyridine rings is 1. The molecule has 1 heterocycles. The van der Waals surface area contributed by atoms with Gasteiger partial charge in [-0.15, -0.1) is 11.8 Å². The van der Waals surface area contributed by atoms with Crippen LogP contribution in [0.3, 0.4) is 0 Å². The second-order valence-corrected chi connectivity index (χ2v) is 6.46. The Labute approximate surface area is 96.1 Å². The molecule has 1 aromatic heterocycles. The van der Waals surface area contributed by atoms with Crippen LogP contribution in [0.4, 0.5) is 0 Å². The Kier molecular flexibility index (Phi) is 4.17. The predicted molar refractivity (Wildman–Crippen MR) is 65.1 cm³/mol. The van der Waals surface area contributed by atoms with Gasteiger partial charge in [-0.3, -0.25) is 4.98 Å². The average Bonchev–Trinajstić information content (AvgIpc) is 2.15. The Morgan fingerprint density at radius 2 is 2.07 bits per heavy atom. The molecule has 0 aliphatic rings. The van der Waals surface area contributed by atoms with Gasteiger partial charge in [0.15, 0.2) is 0 Å². The Hall–Kier alpha value is -0.540. The van der Waals surface area contributed by atoms with Gasteiger partial charge in [-0.1, -0.05) is 27.7 Å². The fraction of sp³-hybridized carbons (Fsp3) is 0.583. The fourth-order valence-corrected chi connectivity index (χ4v) is 2.16. The molecule has 0 fully saturated rings. The molecular weight excluding hydrogens is 206 g/mol. The Bertz CT molecular complexity index is 302. The van der Waals surface area contributed by atoms with E-state index in [1.165, 1.54) is 0 Å². The Balaban J connectivity index is 2.72. The summed E-state index contributed by atoms with van der Waals surface area (Å²) in [4.78, 5) is 5.41. The van der Waals surface area contributed by atoms with Crippen LogP contribution in [-0.2, 0) is 0 Å². The van der Waals surface area contributed by atoms with Crippen molar-refractivity contribution in [3.63, 3.8) is 0 Å². The van der Waals surface area contributed by atoms with E-state index in [1.807, 2.05) is 25.3 Å². The molecule has 0 amide bonds. The van der Waals surface area contributed by atoms with Crippen LogP contribution >= 0.6 is 11.8 Å². The Morgan fingerprint density at radius 1 is 1.40 bits per heavy atom. The number of hydrogen-bond acceptors (Lipinski definition) is 3. The van der Waals surface area contributed by atoms with E-state index in [4.69, 9.17) is 0 Å². The minimum atomic E-state index is -0.432. The SMILES string of the molecule is CCC(O)c1ccc(SC(C)(C)C)cn1. The van der Waals surface area contributed by atoms with Gasteiger partial charge in [0.05, 0.1) is 11.8 Å². The van der Waals surface area contributed by atoms with Crippen LogP contribution < -0.4 is 0 Å². The highest BCUT2D eigenvalue weighted by atomic mass is 32.2. The maximum Gasteiger partial charge on any atom is 0.0957 e. The molecule has 2 nitrogen and oxygen atoms in total. The van der Waals surface area contributed by atoms with Gasteiger partial charge >= 0.3 is 0 Å². The Morgan fingerprint density at radius 3 is 2.47 bits per heavy atom. The molecule has 0 saturated carbocycles. The minimum Gasteiger partial charge on any atom is -0.387 e. The maximum atomic E-state index is 9.58. The molecule has 0 saturated heterocycles. The summed E-state index contributed by atoms with van der Waals surface area (Å²) in [6.07, 6.45) is 2.11. The molecule has 0 radical (unpaired) electrons. The third kappa shape index (κ3) is 4.22. The smallest absolute Gasteiger partial charge is 0.0957 e. The second-order valence-electron chi connectivity index (χ2n) is 4.56. The zero-order valence-electron chi connectivity index (χ0n) is 9.82. The van der Waals surface area contributed by atoms with Crippen LogP contribution in [0, 0.1) is 0 Å². The fourth-order valence-electron chi connectivity index (χ4n) is 1.21. The average molecular weight is 225 g/mol. The van der Waals surface area contributed by atoms with Gasteiger partial charge in [-0.25, -0.2) is 0 Å². The van der Waals surface area contributed by atoms with Crippen molar-refractivity contribution in [2.24, 2.45) is 0 Å². The zero-order chi connectivity index (χ0) is 11.5. The van der Waals surface area contributed by atoms with Crippen molar-refractivity contribution >= 4 is 11.8 Å². The lowest BCUT2D eigenvalue weighted by Crippen LogP contribution is -2.07. The molecule has 0 aliphatic carbocycles. The third-order valence-corrected chi connectivity index (χ3v) is 3.00. The van der Waals surface area contributed by atoms with Gasteiger partial charge in [0.1, 0.15) is 0 Å². The number of thioether (sulfide) groups is 1. The first kappa shape index (κ1) is 12.5. The van der Waals surface area contributed by atoms with Crippen molar-refractivity contribution in [2.45, 2.75) is 49.9 Å². The van der Waals surface area contributed by atoms with E-state index >= 15 is 0 Å². The van der Waals surface area contributed by atoms with E-state index in [-0.39, 0.29) is 4.75 Å². The lowest BCUT2D eigenvalue weighted by molar-refractivity contribution is 0.169. The first-order valence-electron chi connectivity index (χ1n) is 5.25. The molecule has 0 spiro atoms. The summed E-state index contributed by atoms with van der Waals surface area (Å²) < 4.78 is 0.201. The van der Waals surface area contributed by atoms with E-state index in [9.17, 15) is 5.11 Å². The van der Waals surface area contributed by atoms with Crippen molar-refractivity contribution < 1.29 is 5.11 Å². The van der Waals surface area contributed by atoms with E-state index < -0.39 is 6.10 Å². The van der Waals surface area contributed by atoms with E-state index in [2.05, 4.69) is 25.8 Å². The quantitative estimate of drug-likeness (QED) is 0.800. The molecule has 0 aliphatic heterocycles. The number of rotatable bonds is 3. The normalized spacial score (nSPS) is 13.9. The molecule has 15 heavy (non-hydrogen) atoms. The number of hydrogen-bond donors (Lipinski definition) is 1. The summed E-state index contributed by atoms with van der Waals surface area (Å²) >= 11 is 1.78. The van der Waals surface area contributed by atoms with Gasteiger partial charge in [0, 0.05) is 15.8 Å². The summed E-state index contributed by atoms with van der Waals surface area (Å²) in [7, 11) is 0. The summed E-state index contributed by atoms with van der Waals surface area (Å²) in [5.74, 6) is 0. The predicted octanol–water partition coefficient (Wildman–Crippen LogP) is 3.42. The van der Waals surface area contributed by atoms with Crippen LogP contribution in [0.1, 0.15) is 45.9 Å². The largest absolute Gasteiger partial charge is 0.387 e. The standard InChI is InChI=1S/C12H19NOS/c1-5-11(14)10-7-6-9(8-13-10)15-12(2,3)4/h6-8,11,14H,5H2,1-4H3. The van der Waals surface area contributed by atoms with Crippen molar-refractivity contribution in [3.8, 4) is 0 Å². The van der Waals surface area contributed by atoms with Crippen molar-refractivity contribution in [1.82, 2.24) is 4.98 Å². The molecule has 0 aromatic carbocycles. The first-order valence-corrected chi connectivity index (χ1v) is 6.07. The molecule has 1 N–H and O–H groups in total. The van der Waals surface area contributed by atoms with E-state index in [1.54, 1.807) is 11.8 Å². The highest BCUT2D eigenvalue weighted by molar-refractivity contribution is 8.00. The van der Waals surface area contributed by atoms with Crippen LogP contribution in [0.5, 0.6) is 0 Å². The maximum absolute atomic E-state index is 9.58. The lowest BCUT2D eigenvalue weighted by Gasteiger charge is -2.17. The second kappa shape index (κ2) is 4.99. The number of aliphatic hydroxyl groups is 1. The monoisotopic (exact) mass is 225 g/mol. The van der Waals surface area contributed by atoms with E-state index in [0.29, 0.717) is 6.42 Å². The van der Waals surface area contributed by atoms with Gasteiger partial charge in [0.2, 0.25) is 0 Å². The van der Waals surface area contributed by atoms with Crippen molar-refractivity contribution in [2.75, 3.05) is 0 Å². The molecule has 1 unspecified atom stereocenters. The van der Waals surface area contributed by atoms with Crippen LogP contribution in [0.2, 0.25) is 0 Å². The van der Waals surface area contributed by atoms with Gasteiger partial charge in [-0.2, -0.15) is 0 Å². The molecule has 1 aromatic rings. The highest BCUT2D eigenvalue weighted by Gasteiger charge is 2.13. The van der Waals surface area contributed by atoms with Gasteiger partial charge in [0.25, 0.3) is 0 Å². The number of aliphatic hydroxyl groups excluding tert-OH is 1. The first-order chi connectivity index (χ1) is 6.92. The molecule has 3 heteroatoms. The number of aromatic nitrogens is 1. The summed E-state index contributed by atoms with van der Waals surface area (Å²) in [5.41, 5.74) is 0.760. The van der Waals surface area contributed by atoms with E-state index in [0.717, 1.165) is 10.6 Å². The summed E-state index contributed by atoms with van der Waals surface area (Å²) in [6, 6.07) is 3.93. The topological polar surface area (TPSA) is 33.1 Å². The number of nitrogens with zero attached hydrogens (tertiary/aromatic N) is 1. The summed E-state index contributed by atoms with van der Waals surface area (Å²) in [5, 5.41) is 9.58. The van der Waals surface area contributed by atoms with Crippen molar-refractivity contribution in [1.29, 1.82) is 0 Å². The highest BCUT2D eigenvalue weighted by Crippen LogP contribution is 2.31. The minimum absolute atomic E-state index is 0.201. The zero-order valence-corrected chi connectivity index (χ0v) is 10.6. The summed E-state index contributed by atoms with van der Waals surface area (Å²) in [6.45, 7) is 8.47. The molecule has 1 atom stereocenters. The third-order valence-electron chi connectivity index (χ3n) is 1.91. The van der Waals surface area contributed by atoms with Gasteiger partial charge in [-0.05, 0) is 18.6 Å². The lowest BCUT2D eigenvalue weighted by atomic mass is 10.2. The van der Waals surface area contributed by atoms with Crippen LogP contribution in [0.25, 0.3) is 0 Å². The van der Waals surface area contributed by atoms with Gasteiger partial charge < -0.3 is 5.11 Å². The van der Waals surface area contributed by atoms with Crippen molar-refractivity contribution in [3.05, 3.63) is 24.0 Å².